The molecule has 2 aromatic carbocycles. The lowest BCUT2D eigenvalue weighted by Crippen LogP contribution is -2.36. The zero-order chi connectivity index (χ0) is 15.5. The summed E-state index contributed by atoms with van der Waals surface area (Å²) in [7, 11) is 1.50. The van der Waals surface area contributed by atoms with Crippen LogP contribution in [0.5, 0.6) is 11.5 Å². The lowest BCUT2D eigenvalue weighted by Gasteiger charge is -2.31. The van der Waals surface area contributed by atoms with Crippen LogP contribution in [0.3, 0.4) is 0 Å². The molecule has 0 aliphatic rings. The van der Waals surface area contributed by atoms with E-state index < -0.39 is 5.54 Å². The molecule has 112 valence electrons. The second-order valence-electron chi connectivity index (χ2n) is 5.32. The number of para-hydroxylation sites is 1. The number of aryl methyl sites for hydroxylation is 1. The molecule has 1 atom stereocenters. The van der Waals surface area contributed by atoms with Gasteiger partial charge in [-0.3, -0.25) is 0 Å². The number of anilines is 1. The summed E-state index contributed by atoms with van der Waals surface area (Å²) in [6.45, 7) is 3.83. The first-order valence-electron chi connectivity index (χ1n) is 6.82. The highest BCUT2D eigenvalue weighted by Gasteiger charge is 2.27. The monoisotopic (exact) mass is 287 g/mol. The number of benzene rings is 2. The second kappa shape index (κ2) is 6.06. The Labute approximate surface area is 125 Å². The number of aliphatic hydroxyl groups is 1. The van der Waals surface area contributed by atoms with Gasteiger partial charge in [0.05, 0.1) is 19.3 Å². The summed E-state index contributed by atoms with van der Waals surface area (Å²) in [6, 6.07) is 13.0. The number of methoxy groups -OCH3 is 1. The summed E-state index contributed by atoms with van der Waals surface area (Å²) in [6.07, 6.45) is 0. The first-order valence-corrected chi connectivity index (χ1v) is 6.82. The van der Waals surface area contributed by atoms with E-state index in [0.717, 1.165) is 16.8 Å². The van der Waals surface area contributed by atoms with Gasteiger partial charge < -0.3 is 20.3 Å². The van der Waals surface area contributed by atoms with Crippen molar-refractivity contribution in [3.63, 3.8) is 0 Å². The third kappa shape index (κ3) is 3.11. The minimum Gasteiger partial charge on any atom is -0.504 e. The molecular formula is C17H21NO3. The Hall–Kier alpha value is -2.20. The molecule has 3 N–H and O–H groups in total. The fourth-order valence-electron chi connectivity index (χ4n) is 2.23. The molecule has 0 heterocycles. The molecular weight excluding hydrogens is 266 g/mol. The van der Waals surface area contributed by atoms with Gasteiger partial charge in [-0.25, -0.2) is 0 Å². The summed E-state index contributed by atoms with van der Waals surface area (Å²) in [5.74, 6) is 0.469. The molecule has 1 unspecified atom stereocenters. The fourth-order valence-corrected chi connectivity index (χ4v) is 2.23. The van der Waals surface area contributed by atoms with Gasteiger partial charge in [-0.1, -0.05) is 24.3 Å². The minimum atomic E-state index is -0.674. The molecule has 2 aromatic rings. The number of nitrogens with one attached hydrogen (secondary N) is 1. The van der Waals surface area contributed by atoms with Crippen LogP contribution in [-0.4, -0.2) is 23.9 Å². The maximum absolute atomic E-state index is 9.86. The van der Waals surface area contributed by atoms with Crippen LogP contribution in [0.2, 0.25) is 0 Å². The average molecular weight is 287 g/mol. The highest BCUT2D eigenvalue weighted by molar-refractivity contribution is 5.55. The molecule has 0 amide bonds. The van der Waals surface area contributed by atoms with Crippen LogP contribution >= 0.6 is 0 Å². The molecule has 0 saturated carbocycles. The van der Waals surface area contributed by atoms with E-state index in [1.54, 1.807) is 18.2 Å². The Morgan fingerprint density at radius 2 is 1.90 bits per heavy atom. The van der Waals surface area contributed by atoms with Crippen molar-refractivity contribution in [3.05, 3.63) is 53.6 Å². The Bertz CT molecular complexity index is 627. The standard InChI is InChI=1S/C17H21NO3/c1-12-6-4-5-7-14(12)18-17(2,11-19)13-8-9-15(20)16(10-13)21-3/h4-10,18-20H,11H2,1-3H3. The number of hydrogen-bond donors (Lipinski definition) is 3. The van der Waals surface area contributed by atoms with E-state index in [1.165, 1.54) is 7.11 Å². The molecule has 0 saturated heterocycles. The summed E-state index contributed by atoms with van der Waals surface area (Å²) in [5, 5.41) is 22.9. The summed E-state index contributed by atoms with van der Waals surface area (Å²) >= 11 is 0. The van der Waals surface area contributed by atoms with Crippen molar-refractivity contribution < 1.29 is 14.9 Å². The van der Waals surface area contributed by atoms with Crippen LogP contribution in [-0.2, 0) is 5.54 Å². The first-order chi connectivity index (χ1) is 10.00. The molecule has 4 heteroatoms. The van der Waals surface area contributed by atoms with Gasteiger partial charge in [-0.15, -0.1) is 0 Å². The quantitative estimate of drug-likeness (QED) is 0.791. The third-order valence-electron chi connectivity index (χ3n) is 3.69. The van der Waals surface area contributed by atoms with Crippen LogP contribution in [0.25, 0.3) is 0 Å². The van der Waals surface area contributed by atoms with Crippen molar-refractivity contribution in [2.75, 3.05) is 19.0 Å². The zero-order valence-corrected chi connectivity index (χ0v) is 12.6. The Balaban J connectivity index is 2.39. The summed E-state index contributed by atoms with van der Waals surface area (Å²) in [5.41, 5.74) is 2.22. The Kier molecular flexibility index (Phi) is 4.38. The molecule has 0 radical (unpaired) electrons. The molecule has 0 fully saturated rings. The number of phenolic OH excluding ortho intramolecular Hbond substituents is 1. The van der Waals surface area contributed by atoms with Gasteiger partial charge in [-0.05, 0) is 43.2 Å². The Morgan fingerprint density at radius 1 is 1.19 bits per heavy atom. The highest BCUT2D eigenvalue weighted by atomic mass is 16.5. The Morgan fingerprint density at radius 3 is 2.52 bits per heavy atom. The maximum Gasteiger partial charge on any atom is 0.160 e. The fraction of sp³-hybridized carbons (Fsp3) is 0.294. The molecule has 0 aliphatic carbocycles. The van der Waals surface area contributed by atoms with Crippen LogP contribution in [0.4, 0.5) is 5.69 Å². The topological polar surface area (TPSA) is 61.7 Å². The molecule has 2 rings (SSSR count). The number of hydrogen-bond acceptors (Lipinski definition) is 4. The lowest BCUT2D eigenvalue weighted by molar-refractivity contribution is 0.223. The third-order valence-corrected chi connectivity index (χ3v) is 3.69. The lowest BCUT2D eigenvalue weighted by atomic mass is 9.91. The van der Waals surface area contributed by atoms with Gasteiger partial charge >= 0.3 is 0 Å². The molecule has 0 spiro atoms. The minimum absolute atomic E-state index is 0.0810. The van der Waals surface area contributed by atoms with Gasteiger partial charge in [-0.2, -0.15) is 0 Å². The van der Waals surface area contributed by atoms with Gasteiger partial charge in [0.2, 0.25) is 0 Å². The van der Waals surface area contributed by atoms with E-state index in [0.29, 0.717) is 5.75 Å². The van der Waals surface area contributed by atoms with Gasteiger partial charge in [0.25, 0.3) is 0 Å². The number of phenols is 1. The molecule has 21 heavy (non-hydrogen) atoms. The molecule has 0 aliphatic heterocycles. The number of aliphatic hydroxyl groups excluding tert-OH is 1. The van der Waals surface area contributed by atoms with Crippen molar-refractivity contribution in [1.29, 1.82) is 0 Å². The maximum atomic E-state index is 9.86. The van der Waals surface area contributed by atoms with E-state index in [9.17, 15) is 10.2 Å². The number of rotatable bonds is 5. The molecule has 0 bridgehead atoms. The van der Waals surface area contributed by atoms with E-state index in [4.69, 9.17) is 4.74 Å². The highest BCUT2D eigenvalue weighted by Crippen LogP contribution is 2.33. The SMILES string of the molecule is COc1cc(C(C)(CO)Nc2ccccc2C)ccc1O. The van der Waals surface area contributed by atoms with Crippen molar-refractivity contribution in [2.24, 2.45) is 0 Å². The van der Waals surface area contributed by atoms with E-state index in [-0.39, 0.29) is 12.4 Å². The van der Waals surface area contributed by atoms with Gasteiger partial charge in [0, 0.05) is 5.69 Å². The zero-order valence-electron chi connectivity index (χ0n) is 12.6. The predicted octanol–water partition coefficient (Wildman–Crippen LogP) is 3.03. The molecule has 4 nitrogen and oxygen atoms in total. The number of ether oxygens (including phenoxy) is 1. The van der Waals surface area contributed by atoms with E-state index in [1.807, 2.05) is 38.1 Å². The van der Waals surface area contributed by atoms with Crippen LogP contribution < -0.4 is 10.1 Å². The van der Waals surface area contributed by atoms with Crippen molar-refractivity contribution in [3.8, 4) is 11.5 Å². The van der Waals surface area contributed by atoms with Gasteiger partial charge in [0.15, 0.2) is 11.5 Å². The van der Waals surface area contributed by atoms with E-state index in [2.05, 4.69) is 5.32 Å². The summed E-state index contributed by atoms with van der Waals surface area (Å²) < 4.78 is 5.14. The normalized spacial score (nSPS) is 13.5. The van der Waals surface area contributed by atoms with Crippen molar-refractivity contribution in [1.82, 2.24) is 0 Å². The second-order valence-corrected chi connectivity index (χ2v) is 5.32. The smallest absolute Gasteiger partial charge is 0.160 e. The van der Waals surface area contributed by atoms with Crippen molar-refractivity contribution in [2.45, 2.75) is 19.4 Å². The predicted molar refractivity (Wildman–Crippen MR) is 83.9 cm³/mol. The largest absolute Gasteiger partial charge is 0.504 e. The first kappa shape index (κ1) is 15.2. The number of aromatic hydroxyl groups is 1. The van der Waals surface area contributed by atoms with Crippen LogP contribution in [0.1, 0.15) is 18.1 Å². The van der Waals surface area contributed by atoms with E-state index >= 15 is 0 Å². The molecule has 0 aromatic heterocycles. The van der Waals surface area contributed by atoms with Gasteiger partial charge in [0.1, 0.15) is 0 Å². The summed E-state index contributed by atoms with van der Waals surface area (Å²) in [4.78, 5) is 0. The van der Waals surface area contributed by atoms with Crippen LogP contribution in [0.15, 0.2) is 42.5 Å². The van der Waals surface area contributed by atoms with Crippen molar-refractivity contribution >= 4 is 5.69 Å². The van der Waals surface area contributed by atoms with Crippen LogP contribution in [0, 0.1) is 6.92 Å². The average Bonchev–Trinajstić information content (AvgIpc) is 2.50.